The van der Waals surface area contributed by atoms with Crippen molar-refractivity contribution in [1.82, 2.24) is 19.6 Å². The normalized spacial score (nSPS) is 15.5. The molecular formula is C24H35FN6O5S. The van der Waals surface area contributed by atoms with E-state index in [1.165, 1.54) is 29.7 Å². The van der Waals surface area contributed by atoms with Gasteiger partial charge in [-0.3, -0.25) is 4.79 Å². The van der Waals surface area contributed by atoms with Gasteiger partial charge < -0.3 is 26.2 Å². The Hall–Kier alpha value is -2.87. The lowest BCUT2D eigenvalue weighted by Gasteiger charge is -2.31. The number of hydrogen-bond acceptors (Lipinski definition) is 10. The first-order valence-corrected chi connectivity index (χ1v) is 13.7. The number of anilines is 2. The van der Waals surface area contributed by atoms with Crippen LogP contribution >= 0.6 is 0 Å². The molecule has 0 atom stereocenters. The largest absolute Gasteiger partial charge is 0.496 e. The third-order valence-corrected chi connectivity index (χ3v) is 8.18. The van der Waals surface area contributed by atoms with Crippen molar-refractivity contribution in [3.63, 3.8) is 0 Å². The lowest BCUT2D eigenvalue weighted by molar-refractivity contribution is 0.103. The first-order chi connectivity index (χ1) is 17.5. The molecule has 0 amide bonds. The van der Waals surface area contributed by atoms with Gasteiger partial charge in [-0.25, -0.2) is 22.1 Å². The van der Waals surface area contributed by atoms with Gasteiger partial charge in [0.25, 0.3) is 0 Å². The predicted octanol–water partition coefficient (Wildman–Crippen LogP) is 1.39. The SMILES string of the molecule is COc1ccc(F)cc1C(=O)c1cnc(NC2CCN(S(=O)(=O)CCCNC(C)(C)CO)CC2)nc1N. The zero-order chi connectivity index (χ0) is 27.2. The van der Waals surface area contributed by atoms with Gasteiger partial charge in [-0.15, -0.1) is 0 Å². The van der Waals surface area contributed by atoms with Crippen LogP contribution in [0.25, 0.3) is 0 Å². The summed E-state index contributed by atoms with van der Waals surface area (Å²) in [5.74, 6) is -0.747. The molecule has 1 aliphatic heterocycles. The molecule has 5 N–H and O–H groups in total. The number of aromatic nitrogens is 2. The lowest BCUT2D eigenvalue weighted by atomic mass is 10.0. The molecular weight excluding hydrogens is 503 g/mol. The minimum atomic E-state index is -3.38. The number of ether oxygens (including phenoxy) is 1. The second-order valence-electron chi connectivity index (χ2n) is 9.62. The molecule has 0 unspecified atom stereocenters. The molecule has 1 aromatic carbocycles. The van der Waals surface area contributed by atoms with E-state index in [0.717, 1.165) is 6.07 Å². The molecule has 0 saturated carbocycles. The average molecular weight is 539 g/mol. The van der Waals surface area contributed by atoms with Crippen molar-refractivity contribution in [2.75, 3.05) is 50.2 Å². The number of carbonyl (C=O) groups is 1. The second-order valence-corrected chi connectivity index (χ2v) is 11.7. The van der Waals surface area contributed by atoms with Gasteiger partial charge >= 0.3 is 0 Å². The zero-order valence-electron chi connectivity index (χ0n) is 21.3. The number of nitrogen functional groups attached to an aromatic ring is 1. The molecule has 1 saturated heterocycles. The van der Waals surface area contributed by atoms with Gasteiger partial charge in [-0.2, -0.15) is 4.98 Å². The van der Waals surface area contributed by atoms with Gasteiger partial charge in [0, 0.05) is 30.9 Å². The van der Waals surface area contributed by atoms with E-state index in [1.807, 2.05) is 13.8 Å². The van der Waals surface area contributed by atoms with Gasteiger partial charge in [0.05, 0.1) is 30.6 Å². The zero-order valence-corrected chi connectivity index (χ0v) is 22.1. The highest BCUT2D eigenvalue weighted by Crippen LogP contribution is 2.25. The summed E-state index contributed by atoms with van der Waals surface area (Å²) in [4.78, 5) is 21.3. The molecule has 37 heavy (non-hydrogen) atoms. The summed E-state index contributed by atoms with van der Waals surface area (Å²) >= 11 is 0. The van der Waals surface area contributed by atoms with Gasteiger partial charge in [0.15, 0.2) is 0 Å². The number of rotatable bonds is 12. The van der Waals surface area contributed by atoms with Crippen molar-refractivity contribution < 1.29 is 27.4 Å². The van der Waals surface area contributed by atoms with Gasteiger partial charge in [0.2, 0.25) is 21.8 Å². The monoisotopic (exact) mass is 538 g/mol. The Morgan fingerprint density at radius 1 is 1.30 bits per heavy atom. The summed E-state index contributed by atoms with van der Waals surface area (Å²) in [5, 5.41) is 15.6. The van der Waals surface area contributed by atoms with Crippen LogP contribution in [0.5, 0.6) is 5.75 Å². The fourth-order valence-electron chi connectivity index (χ4n) is 3.97. The molecule has 13 heteroatoms. The number of nitrogens with two attached hydrogens (primary N) is 1. The fourth-order valence-corrected chi connectivity index (χ4v) is 5.50. The Bertz CT molecular complexity index is 1200. The molecule has 1 aromatic heterocycles. The molecule has 2 aromatic rings. The molecule has 2 heterocycles. The van der Waals surface area contributed by atoms with Crippen molar-refractivity contribution in [1.29, 1.82) is 0 Å². The number of hydrogen-bond donors (Lipinski definition) is 4. The van der Waals surface area contributed by atoms with E-state index < -0.39 is 27.2 Å². The minimum Gasteiger partial charge on any atom is -0.496 e. The standard InChI is InChI=1S/C24H35FN6O5S/c1-24(2,15-32)28-9-4-12-37(34,35)31-10-7-17(8-11-31)29-23-27-14-19(22(26)30-23)21(33)18-13-16(25)5-6-20(18)36-3/h5-6,13-14,17,28,32H,4,7-12,15H2,1-3H3,(H3,26,27,29,30). The summed E-state index contributed by atoms with van der Waals surface area (Å²) < 4.78 is 45.7. The van der Waals surface area contributed by atoms with Crippen LogP contribution in [0.15, 0.2) is 24.4 Å². The average Bonchev–Trinajstić information content (AvgIpc) is 2.87. The van der Waals surface area contributed by atoms with E-state index in [4.69, 9.17) is 10.5 Å². The van der Waals surface area contributed by atoms with E-state index in [-0.39, 0.29) is 47.0 Å². The van der Waals surface area contributed by atoms with Crippen LogP contribution in [0.3, 0.4) is 0 Å². The number of ketones is 1. The number of aliphatic hydroxyl groups excluding tert-OH is 1. The van der Waals surface area contributed by atoms with Crippen LogP contribution in [0.1, 0.15) is 49.0 Å². The molecule has 1 aliphatic rings. The van der Waals surface area contributed by atoms with E-state index >= 15 is 0 Å². The summed E-state index contributed by atoms with van der Waals surface area (Å²) in [6, 6.07) is 3.55. The number of carbonyl (C=O) groups excluding carboxylic acids is 1. The van der Waals surface area contributed by atoms with Crippen LogP contribution in [0.4, 0.5) is 16.2 Å². The number of nitrogens with one attached hydrogen (secondary N) is 2. The molecule has 11 nitrogen and oxygen atoms in total. The van der Waals surface area contributed by atoms with E-state index in [0.29, 0.717) is 38.9 Å². The lowest BCUT2D eigenvalue weighted by Crippen LogP contribution is -2.45. The highest BCUT2D eigenvalue weighted by molar-refractivity contribution is 7.89. The maximum absolute atomic E-state index is 13.7. The molecule has 0 aliphatic carbocycles. The van der Waals surface area contributed by atoms with E-state index in [2.05, 4.69) is 20.6 Å². The third-order valence-electron chi connectivity index (χ3n) is 6.23. The Kier molecular flexibility index (Phi) is 9.40. The van der Waals surface area contributed by atoms with Gasteiger partial charge in [-0.1, -0.05) is 0 Å². The van der Waals surface area contributed by atoms with E-state index in [9.17, 15) is 22.7 Å². The Labute approximate surface area is 216 Å². The second kappa shape index (κ2) is 12.1. The molecule has 0 spiro atoms. The van der Waals surface area contributed by atoms with Crippen molar-refractivity contribution >= 4 is 27.6 Å². The molecule has 1 fully saturated rings. The number of benzene rings is 1. The Morgan fingerprint density at radius 2 is 2.00 bits per heavy atom. The number of halogens is 1. The summed E-state index contributed by atoms with van der Waals surface area (Å²) in [6.45, 7) is 4.89. The highest BCUT2D eigenvalue weighted by Gasteiger charge is 2.28. The van der Waals surface area contributed by atoms with Crippen molar-refractivity contribution in [2.45, 2.75) is 44.7 Å². The Morgan fingerprint density at radius 3 is 2.62 bits per heavy atom. The number of sulfonamides is 1. The fraction of sp³-hybridized carbons (Fsp3) is 0.542. The first-order valence-electron chi connectivity index (χ1n) is 12.1. The van der Waals surface area contributed by atoms with Crippen LogP contribution in [0, 0.1) is 5.82 Å². The maximum atomic E-state index is 13.7. The number of methoxy groups -OCH3 is 1. The van der Waals surface area contributed by atoms with Gasteiger partial charge in [0.1, 0.15) is 17.4 Å². The summed E-state index contributed by atoms with van der Waals surface area (Å²) in [5.41, 5.74) is 5.60. The first kappa shape index (κ1) is 28.7. The maximum Gasteiger partial charge on any atom is 0.224 e. The van der Waals surface area contributed by atoms with Gasteiger partial charge in [-0.05, 0) is 57.9 Å². The van der Waals surface area contributed by atoms with Crippen LogP contribution in [-0.4, -0.2) is 84.3 Å². The van der Waals surface area contributed by atoms with Crippen LogP contribution in [0.2, 0.25) is 0 Å². The number of nitrogens with zero attached hydrogens (tertiary/aromatic N) is 3. The quantitative estimate of drug-likeness (QED) is 0.230. The Balaban J connectivity index is 1.54. The molecule has 0 bridgehead atoms. The predicted molar refractivity (Wildman–Crippen MR) is 139 cm³/mol. The van der Waals surface area contributed by atoms with Crippen LogP contribution < -0.4 is 21.1 Å². The molecule has 204 valence electrons. The third kappa shape index (κ3) is 7.57. The van der Waals surface area contributed by atoms with Crippen molar-refractivity contribution in [3.05, 3.63) is 41.3 Å². The minimum absolute atomic E-state index is 0.0139. The van der Waals surface area contributed by atoms with E-state index in [1.54, 1.807) is 0 Å². The number of piperidine rings is 1. The molecule has 0 radical (unpaired) electrons. The molecule has 3 rings (SSSR count). The number of aliphatic hydroxyl groups is 1. The summed E-state index contributed by atoms with van der Waals surface area (Å²) in [7, 11) is -2.00. The topological polar surface area (TPSA) is 160 Å². The highest BCUT2D eigenvalue weighted by atomic mass is 32.2. The van der Waals surface area contributed by atoms with Crippen molar-refractivity contribution in [3.8, 4) is 5.75 Å². The smallest absolute Gasteiger partial charge is 0.224 e. The summed E-state index contributed by atoms with van der Waals surface area (Å²) in [6.07, 6.45) is 2.84. The van der Waals surface area contributed by atoms with Crippen LogP contribution in [-0.2, 0) is 10.0 Å². The van der Waals surface area contributed by atoms with Crippen molar-refractivity contribution in [2.24, 2.45) is 0 Å².